The van der Waals surface area contributed by atoms with E-state index in [-0.39, 0.29) is 5.54 Å². The largest absolute Gasteiger partial charge is 0.373 e. The van der Waals surface area contributed by atoms with Crippen LogP contribution in [0.4, 0.5) is 5.69 Å². The van der Waals surface area contributed by atoms with Crippen molar-refractivity contribution in [2.75, 3.05) is 18.5 Å². The molecule has 1 aromatic carbocycles. The van der Waals surface area contributed by atoms with Crippen LogP contribution in [-0.2, 0) is 0 Å². The van der Waals surface area contributed by atoms with Gasteiger partial charge in [-0.05, 0) is 49.9 Å². The van der Waals surface area contributed by atoms with E-state index in [9.17, 15) is 0 Å². The number of nitrogens with zero attached hydrogens (tertiary/aromatic N) is 1. The maximum atomic E-state index is 6.43. The van der Waals surface area contributed by atoms with Gasteiger partial charge >= 0.3 is 0 Å². The van der Waals surface area contributed by atoms with Gasteiger partial charge in [-0.25, -0.2) is 0 Å². The zero-order valence-corrected chi connectivity index (χ0v) is 11.3. The lowest BCUT2D eigenvalue weighted by atomic mass is 9.98. The molecule has 0 saturated heterocycles. The molecule has 2 nitrogen and oxygen atoms in total. The van der Waals surface area contributed by atoms with Crippen molar-refractivity contribution in [3.05, 3.63) is 29.3 Å². The predicted molar refractivity (Wildman–Crippen MR) is 74.6 cm³/mol. The molecule has 0 atom stereocenters. The molecule has 0 unspecified atom stereocenters. The van der Waals surface area contributed by atoms with Gasteiger partial charge in [0.15, 0.2) is 0 Å². The molecule has 2 rings (SSSR count). The van der Waals surface area contributed by atoms with Crippen LogP contribution in [0.25, 0.3) is 0 Å². The van der Waals surface area contributed by atoms with E-state index in [0.717, 1.165) is 6.54 Å². The number of rotatable bonds is 3. The van der Waals surface area contributed by atoms with Gasteiger partial charge < -0.3 is 10.6 Å². The van der Waals surface area contributed by atoms with Crippen molar-refractivity contribution in [2.24, 2.45) is 5.73 Å². The minimum atomic E-state index is 0.0341. The lowest BCUT2D eigenvalue weighted by Crippen LogP contribution is -2.47. The van der Waals surface area contributed by atoms with Crippen LogP contribution in [0.5, 0.6) is 0 Å². The normalized spacial score (nSPS) is 18.4. The van der Waals surface area contributed by atoms with Gasteiger partial charge in [-0.15, -0.1) is 0 Å². The Morgan fingerprint density at radius 1 is 1.12 bits per heavy atom. The van der Waals surface area contributed by atoms with Gasteiger partial charge in [0.05, 0.1) is 0 Å². The molecule has 2 heteroatoms. The van der Waals surface area contributed by atoms with Crippen molar-refractivity contribution < 1.29 is 0 Å². The first-order valence-corrected chi connectivity index (χ1v) is 6.57. The van der Waals surface area contributed by atoms with Gasteiger partial charge in [0.1, 0.15) is 0 Å². The van der Waals surface area contributed by atoms with Crippen LogP contribution in [0.1, 0.15) is 36.8 Å². The predicted octanol–water partition coefficient (Wildman–Crippen LogP) is 3.01. The molecular formula is C15H24N2. The van der Waals surface area contributed by atoms with E-state index in [2.05, 4.69) is 44.0 Å². The Balaban J connectivity index is 2.11. The van der Waals surface area contributed by atoms with Crippen LogP contribution in [0, 0.1) is 13.8 Å². The SMILES string of the molecule is Cc1cc(C)cc(N(C)CC2(N)CCCC2)c1. The number of likely N-dealkylation sites (N-methyl/N-ethyl adjacent to an activating group) is 1. The second-order valence-electron chi connectivity index (χ2n) is 5.77. The molecule has 1 saturated carbocycles. The molecule has 1 aromatic rings. The van der Waals surface area contributed by atoms with Gasteiger partial charge in [-0.3, -0.25) is 0 Å². The summed E-state index contributed by atoms with van der Waals surface area (Å²) in [6.45, 7) is 5.27. The minimum Gasteiger partial charge on any atom is -0.373 e. The average molecular weight is 232 g/mol. The molecule has 1 fully saturated rings. The second-order valence-corrected chi connectivity index (χ2v) is 5.77. The van der Waals surface area contributed by atoms with E-state index in [0.29, 0.717) is 0 Å². The molecule has 2 N–H and O–H groups in total. The first-order valence-electron chi connectivity index (χ1n) is 6.57. The summed E-state index contributed by atoms with van der Waals surface area (Å²) in [6.07, 6.45) is 4.92. The Hall–Kier alpha value is -1.02. The first-order chi connectivity index (χ1) is 7.98. The molecule has 94 valence electrons. The molecule has 17 heavy (non-hydrogen) atoms. The van der Waals surface area contributed by atoms with Gasteiger partial charge in [0.25, 0.3) is 0 Å². The zero-order valence-electron chi connectivity index (χ0n) is 11.3. The fourth-order valence-corrected chi connectivity index (χ4v) is 2.97. The van der Waals surface area contributed by atoms with Crippen LogP contribution in [0.15, 0.2) is 18.2 Å². The van der Waals surface area contributed by atoms with Crippen molar-refractivity contribution in [2.45, 2.75) is 45.1 Å². The number of aryl methyl sites for hydroxylation is 2. The highest BCUT2D eigenvalue weighted by molar-refractivity contribution is 5.50. The fourth-order valence-electron chi connectivity index (χ4n) is 2.97. The number of hydrogen-bond donors (Lipinski definition) is 1. The Bertz CT molecular complexity index is 372. The van der Waals surface area contributed by atoms with Crippen molar-refractivity contribution in [3.8, 4) is 0 Å². The van der Waals surface area contributed by atoms with Crippen molar-refractivity contribution in [1.82, 2.24) is 0 Å². The van der Waals surface area contributed by atoms with Crippen molar-refractivity contribution in [3.63, 3.8) is 0 Å². The highest BCUT2D eigenvalue weighted by atomic mass is 15.1. The summed E-state index contributed by atoms with van der Waals surface area (Å²) in [5.74, 6) is 0. The molecular weight excluding hydrogens is 208 g/mol. The summed E-state index contributed by atoms with van der Waals surface area (Å²) < 4.78 is 0. The smallest absolute Gasteiger partial charge is 0.0369 e. The number of hydrogen-bond acceptors (Lipinski definition) is 2. The maximum Gasteiger partial charge on any atom is 0.0369 e. The highest BCUT2D eigenvalue weighted by Gasteiger charge is 2.30. The van der Waals surface area contributed by atoms with Crippen LogP contribution in [0.2, 0.25) is 0 Å². The average Bonchev–Trinajstić information content (AvgIpc) is 2.63. The third-order valence-electron chi connectivity index (χ3n) is 3.80. The number of nitrogens with two attached hydrogens (primary N) is 1. The molecule has 0 bridgehead atoms. The van der Waals surface area contributed by atoms with Gasteiger partial charge in [0.2, 0.25) is 0 Å². The number of benzene rings is 1. The monoisotopic (exact) mass is 232 g/mol. The molecule has 0 heterocycles. The van der Waals surface area contributed by atoms with Crippen LogP contribution in [0.3, 0.4) is 0 Å². The maximum absolute atomic E-state index is 6.43. The quantitative estimate of drug-likeness (QED) is 0.868. The summed E-state index contributed by atoms with van der Waals surface area (Å²) >= 11 is 0. The van der Waals surface area contributed by atoms with Crippen LogP contribution in [-0.4, -0.2) is 19.1 Å². The Labute approximate surface area is 105 Å². The summed E-state index contributed by atoms with van der Waals surface area (Å²) in [5.41, 5.74) is 10.4. The van der Waals surface area contributed by atoms with Gasteiger partial charge in [-0.1, -0.05) is 18.9 Å². The molecule has 1 aliphatic rings. The Morgan fingerprint density at radius 3 is 2.18 bits per heavy atom. The van der Waals surface area contributed by atoms with Gasteiger partial charge in [-0.2, -0.15) is 0 Å². The van der Waals surface area contributed by atoms with Crippen LogP contribution < -0.4 is 10.6 Å². The topological polar surface area (TPSA) is 29.3 Å². The Kier molecular flexibility index (Phi) is 3.43. The molecule has 0 spiro atoms. The van der Waals surface area contributed by atoms with Gasteiger partial charge in [0, 0.05) is 24.8 Å². The van der Waals surface area contributed by atoms with Crippen LogP contribution >= 0.6 is 0 Å². The zero-order chi connectivity index (χ0) is 12.5. The van der Waals surface area contributed by atoms with E-state index in [1.807, 2.05) is 0 Å². The van der Waals surface area contributed by atoms with E-state index in [1.54, 1.807) is 0 Å². The minimum absolute atomic E-state index is 0.0341. The Morgan fingerprint density at radius 2 is 1.65 bits per heavy atom. The summed E-state index contributed by atoms with van der Waals surface area (Å²) in [5, 5.41) is 0. The lowest BCUT2D eigenvalue weighted by molar-refractivity contribution is 0.442. The van der Waals surface area contributed by atoms with E-state index in [1.165, 1.54) is 42.5 Å². The fraction of sp³-hybridized carbons (Fsp3) is 0.600. The molecule has 1 aliphatic carbocycles. The molecule has 0 amide bonds. The third-order valence-corrected chi connectivity index (χ3v) is 3.80. The van der Waals surface area contributed by atoms with E-state index >= 15 is 0 Å². The van der Waals surface area contributed by atoms with E-state index in [4.69, 9.17) is 5.73 Å². The standard InChI is InChI=1S/C15H24N2/c1-12-8-13(2)10-14(9-12)17(3)11-15(16)6-4-5-7-15/h8-10H,4-7,11,16H2,1-3H3. The third kappa shape index (κ3) is 3.01. The highest BCUT2D eigenvalue weighted by Crippen LogP contribution is 2.29. The molecule has 0 aliphatic heterocycles. The summed E-state index contributed by atoms with van der Waals surface area (Å²) in [4.78, 5) is 2.31. The molecule has 0 radical (unpaired) electrons. The van der Waals surface area contributed by atoms with Crippen molar-refractivity contribution >= 4 is 5.69 Å². The second kappa shape index (κ2) is 4.69. The van der Waals surface area contributed by atoms with Crippen molar-refractivity contribution in [1.29, 1.82) is 0 Å². The molecule has 0 aromatic heterocycles. The van der Waals surface area contributed by atoms with E-state index < -0.39 is 0 Å². The lowest BCUT2D eigenvalue weighted by Gasteiger charge is -2.31. The first kappa shape index (κ1) is 12.4. The summed E-state index contributed by atoms with van der Waals surface area (Å²) in [6, 6.07) is 6.70. The number of anilines is 1. The summed E-state index contributed by atoms with van der Waals surface area (Å²) in [7, 11) is 2.15.